The number of rotatable bonds is 3. The number of nitrogens with zero attached hydrogens (tertiary/aromatic N) is 2. The van der Waals surface area contributed by atoms with Crippen LogP contribution in [0.5, 0.6) is 0 Å². The topological polar surface area (TPSA) is 95.2 Å². The van der Waals surface area contributed by atoms with E-state index < -0.39 is 6.23 Å². The smallest absolute Gasteiger partial charge is 0.246 e. The quantitative estimate of drug-likeness (QED) is 0.484. The minimum absolute atomic E-state index is 0.0431. The molecule has 0 saturated heterocycles. The number of carbonyl (C=O) groups excluding carboxylic acids is 1. The minimum Gasteiger partial charge on any atom is -0.373 e. The predicted octanol–water partition coefficient (Wildman–Crippen LogP) is 2.87. The first-order valence-corrected chi connectivity index (χ1v) is 9.36. The summed E-state index contributed by atoms with van der Waals surface area (Å²) < 4.78 is 0. The average molecular weight is 376 g/mol. The van der Waals surface area contributed by atoms with Crippen LogP contribution in [0.25, 0.3) is 22.0 Å². The molecule has 1 aliphatic rings. The highest BCUT2D eigenvalue weighted by Crippen LogP contribution is 2.38. The molecule has 0 saturated carbocycles. The first-order valence-electron chi connectivity index (χ1n) is 9.36. The first-order chi connectivity index (χ1) is 13.4. The molecule has 4 N–H and O–H groups in total. The third-order valence-electron chi connectivity index (χ3n) is 5.68. The molecular formula is C22H24N4O2. The molecule has 144 valence electrons. The van der Waals surface area contributed by atoms with Crippen molar-refractivity contribution in [3.63, 3.8) is 0 Å². The Kier molecular flexibility index (Phi) is 4.53. The summed E-state index contributed by atoms with van der Waals surface area (Å²) in [6.07, 6.45) is 2.80. The molecule has 0 aliphatic carbocycles. The van der Waals surface area contributed by atoms with E-state index in [1.807, 2.05) is 17.9 Å². The normalized spacial score (nSPS) is 14.8. The third kappa shape index (κ3) is 2.82. The highest BCUT2D eigenvalue weighted by Gasteiger charge is 2.24. The molecule has 6 nitrogen and oxygen atoms in total. The number of amides is 1. The van der Waals surface area contributed by atoms with Crippen LogP contribution in [0.3, 0.4) is 0 Å². The van der Waals surface area contributed by atoms with Crippen molar-refractivity contribution >= 4 is 16.8 Å². The molecular weight excluding hydrogens is 352 g/mol. The molecule has 0 fully saturated rings. The van der Waals surface area contributed by atoms with Crippen molar-refractivity contribution in [1.82, 2.24) is 14.9 Å². The number of H-pyrrole nitrogens is 1. The van der Waals surface area contributed by atoms with Crippen LogP contribution in [-0.2, 0) is 17.8 Å². The number of benzene rings is 1. The Morgan fingerprint density at radius 1 is 1.39 bits per heavy atom. The van der Waals surface area contributed by atoms with Crippen LogP contribution >= 0.6 is 0 Å². The molecule has 1 atom stereocenters. The Balaban J connectivity index is 1.90. The average Bonchev–Trinajstić information content (AvgIpc) is 3.00. The van der Waals surface area contributed by atoms with Crippen LogP contribution < -0.4 is 5.73 Å². The lowest BCUT2D eigenvalue weighted by Gasteiger charge is -2.29. The van der Waals surface area contributed by atoms with Gasteiger partial charge in [-0.05, 0) is 48.6 Å². The number of hydrogen-bond acceptors (Lipinski definition) is 4. The zero-order chi connectivity index (χ0) is 20.0. The van der Waals surface area contributed by atoms with Gasteiger partial charge in [-0.1, -0.05) is 24.8 Å². The third-order valence-corrected chi connectivity index (χ3v) is 5.68. The lowest BCUT2D eigenvalue weighted by Crippen LogP contribution is -2.34. The molecule has 1 unspecified atom stereocenters. The first kappa shape index (κ1) is 18.4. The molecule has 1 amide bonds. The lowest BCUT2D eigenvalue weighted by atomic mass is 9.89. The van der Waals surface area contributed by atoms with Gasteiger partial charge < -0.3 is 20.7 Å². The van der Waals surface area contributed by atoms with Crippen LogP contribution in [-0.4, -0.2) is 32.4 Å². The highest BCUT2D eigenvalue weighted by molar-refractivity contribution is 6.00. The summed E-state index contributed by atoms with van der Waals surface area (Å²) in [5.41, 5.74) is 13.6. The van der Waals surface area contributed by atoms with Crippen molar-refractivity contribution in [3.05, 3.63) is 65.1 Å². The molecule has 0 spiro atoms. The van der Waals surface area contributed by atoms with Crippen LogP contribution in [0, 0.1) is 13.8 Å². The number of pyridine rings is 1. The van der Waals surface area contributed by atoms with Gasteiger partial charge in [0.05, 0.1) is 5.52 Å². The number of aromatic nitrogens is 2. The number of fused-ring (bicyclic) bond motifs is 2. The van der Waals surface area contributed by atoms with Gasteiger partial charge in [-0.25, -0.2) is 0 Å². The molecule has 3 aromatic rings. The summed E-state index contributed by atoms with van der Waals surface area (Å²) in [4.78, 5) is 21.6. The summed E-state index contributed by atoms with van der Waals surface area (Å²) in [6, 6.07) is 6.18. The van der Waals surface area contributed by atoms with Gasteiger partial charge in [-0.2, -0.15) is 0 Å². The maximum absolute atomic E-state index is 12.0. The van der Waals surface area contributed by atoms with E-state index in [0.717, 1.165) is 45.3 Å². The molecule has 1 aliphatic heterocycles. The van der Waals surface area contributed by atoms with E-state index in [2.05, 4.69) is 35.6 Å². The van der Waals surface area contributed by atoms with Gasteiger partial charge in [0, 0.05) is 35.9 Å². The lowest BCUT2D eigenvalue weighted by molar-refractivity contribution is -0.126. The number of nitrogens with one attached hydrogen (secondary N) is 1. The maximum atomic E-state index is 12.0. The Morgan fingerprint density at radius 2 is 2.18 bits per heavy atom. The zero-order valence-corrected chi connectivity index (χ0v) is 16.1. The van der Waals surface area contributed by atoms with E-state index >= 15 is 0 Å². The Hall–Kier alpha value is -2.96. The Morgan fingerprint density at radius 3 is 2.89 bits per heavy atom. The molecule has 6 heteroatoms. The number of aliphatic hydroxyl groups excluding tert-OH is 1. The van der Waals surface area contributed by atoms with Gasteiger partial charge in [0.25, 0.3) is 0 Å². The van der Waals surface area contributed by atoms with Gasteiger partial charge in [-0.15, -0.1) is 0 Å². The van der Waals surface area contributed by atoms with Gasteiger partial charge in [0.2, 0.25) is 5.91 Å². The second kappa shape index (κ2) is 6.89. The van der Waals surface area contributed by atoms with E-state index in [4.69, 9.17) is 5.73 Å². The summed E-state index contributed by atoms with van der Waals surface area (Å²) in [5, 5.41) is 11.0. The van der Waals surface area contributed by atoms with Gasteiger partial charge in [0.1, 0.15) is 11.9 Å². The summed E-state index contributed by atoms with van der Waals surface area (Å²) in [7, 11) is 0. The Bertz CT molecular complexity index is 1100. The Labute approximate surface area is 163 Å². The monoisotopic (exact) mass is 376 g/mol. The van der Waals surface area contributed by atoms with Crippen LogP contribution in [0.15, 0.2) is 37.1 Å². The fraction of sp³-hybridized carbons (Fsp3) is 0.273. The van der Waals surface area contributed by atoms with E-state index in [9.17, 15) is 9.90 Å². The predicted molar refractivity (Wildman–Crippen MR) is 109 cm³/mol. The van der Waals surface area contributed by atoms with Crippen molar-refractivity contribution in [2.75, 3.05) is 6.54 Å². The van der Waals surface area contributed by atoms with E-state index in [0.29, 0.717) is 18.8 Å². The summed E-state index contributed by atoms with van der Waals surface area (Å²) in [5.74, 6) is -0.0431. The fourth-order valence-corrected chi connectivity index (χ4v) is 4.12. The van der Waals surface area contributed by atoms with Crippen molar-refractivity contribution in [2.24, 2.45) is 5.73 Å². The minimum atomic E-state index is -1.14. The number of hydrogen-bond donors (Lipinski definition) is 3. The van der Waals surface area contributed by atoms with E-state index in [1.54, 1.807) is 6.20 Å². The fourth-order valence-electron chi connectivity index (χ4n) is 4.12. The van der Waals surface area contributed by atoms with Crippen LogP contribution in [0.4, 0.5) is 0 Å². The van der Waals surface area contributed by atoms with Crippen molar-refractivity contribution in [2.45, 2.75) is 33.0 Å². The number of carbonyl (C=O) groups is 1. The number of aromatic amines is 1. The summed E-state index contributed by atoms with van der Waals surface area (Å²) in [6.45, 7) is 8.90. The molecule has 2 aromatic heterocycles. The SMILES string of the molecule is C=CC(=O)N1CCc2c(cccc2-c2cnc(C(N)O)c3[nH]c(C)c(C)c23)C1. The van der Waals surface area contributed by atoms with Crippen LogP contribution in [0.1, 0.15) is 34.3 Å². The van der Waals surface area contributed by atoms with Gasteiger partial charge >= 0.3 is 0 Å². The van der Waals surface area contributed by atoms with Crippen molar-refractivity contribution < 1.29 is 9.90 Å². The highest BCUT2D eigenvalue weighted by atomic mass is 16.3. The molecule has 1 aromatic carbocycles. The van der Waals surface area contributed by atoms with Crippen LogP contribution in [0.2, 0.25) is 0 Å². The number of nitrogens with two attached hydrogens (primary N) is 1. The molecule has 4 rings (SSSR count). The molecule has 3 heterocycles. The zero-order valence-electron chi connectivity index (χ0n) is 16.1. The molecule has 0 bridgehead atoms. The van der Waals surface area contributed by atoms with E-state index in [1.165, 1.54) is 11.6 Å². The van der Waals surface area contributed by atoms with Gasteiger partial charge in [0.15, 0.2) is 0 Å². The second-order valence-electron chi connectivity index (χ2n) is 7.28. The molecule has 28 heavy (non-hydrogen) atoms. The van der Waals surface area contributed by atoms with Crippen molar-refractivity contribution in [3.8, 4) is 11.1 Å². The number of aliphatic hydroxyl groups is 1. The number of aryl methyl sites for hydroxylation is 2. The standard InChI is InChI=1S/C22H24N4O2/c1-4-18(27)26-9-8-15-14(11-26)6-5-7-16(15)17-10-24-21(22(23)28)20-19(17)12(2)13(3)25-20/h4-7,10,22,25,28H,1,8-9,11,23H2,2-3H3. The van der Waals surface area contributed by atoms with E-state index in [-0.39, 0.29) is 5.91 Å². The largest absolute Gasteiger partial charge is 0.373 e. The van der Waals surface area contributed by atoms with Crippen molar-refractivity contribution in [1.29, 1.82) is 0 Å². The molecule has 0 radical (unpaired) electrons. The maximum Gasteiger partial charge on any atom is 0.246 e. The second-order valence-corrected chi connectivity index (χ2v) is 7.28. The van der Waals surface area contributed by atoms with Gasteiger partial charge in [-0.3, -0.25) is 9.78 Å². The summed E-state index contributed by atoms with van der Waals surface area (Å²) >= 11 is 0.